The Labute approximate surface area is 199 Å². The number of hydrogen-bond donors (Lipinski definition) is 1. The standard InChI is InChI=1S/C25H36F3N3O3/c1-6-34-22(32)21(15(2)3)30-19-7-9-24(12-19,16(4)5)23(33)31-10-8-20-17(14-31)11-18(13-29-20)25(26,27)28/h11,13,15-16,19,21,30H,6-10,12,14H2,1-5H3/t19-,21?,24+/m1/s1. The number of aromatic nitrogens is 1. The minimum atomic E-state index is -4.47. The highest BCUT2D eigenvalue weighted by Crippen LogP contribution is 2.46. The van der Waals surface area contributed by atoms with E-state index in [-0.39, 0.29) is 36.3 Å². The zero-order chi connectivity index (χ0) is 25.3. The third-order valence-corrected chi connectivity index (χ3v) is 7.36. The Bertz CT molecular complexity index is 903. The van der Waals surface area contributed by atoms with E-state index in [2.05, 4.69) is 10.3 Å². The Morgan fingerprint density at radius 3 is 2.59 bits per heavy atom. The number of carbonyl (C=O) groups excluding carboxylic acids is 2. The number of pyridine rings is 1. The number of halogens is 3. The molecule has 3 rings (SSSR count). The van der Waals surface area contributed by atoms with Gasteiger partial charge in [-0.2, -0.15) is 13.2 Å². The Balaban J connectivity index is 1.77. The SMILES string of the molecule is CCOC(=O)C(N[C@@H]1CC[C@@](C(=O)N2CCc3ncc(C(F)(F)F)cc3C2)(C(C)C)C1)C(C)C. The number of esters is 1. The summed E-state index contributed by atoms with van der Waals surface area (Å²) in [5.74, 6) is -0.218. The van der Waals surface area contributed by atoms with Crippen LogP contribution in [0.2, 0.25) is 0 Å². The van der Waals surface area contributed by atoms with Gasteiger partial charge in [0, 0.05) is 37.4 Å². The number of alkyl halides is 3. The lowest BCUT2D eigenvalue weighted by Gasteiger charge is -2.39. The van der Waals surface area contributed by atoms with Crippen LogP contribution in [-0.4, -0.2) is 47.0 Å². The van der Waals surface area contributed by atoms with Gasteiger partial charge in [-0.25, -0.2) is 0 Å². The summed E-state index contributed by atoms with van der Waals surface area (Å²) < 4.78 is 44.7. The van der Waals surface area contributed by atoms with Crippen LogP contribution in [0.15, 0.2) is 12.3 Å². The van der Waals surface area contributed by atoms with Crippen molar-refractivity contribution in [3.8, 4) is 0 Å². The van der Waals surface area contributed by atoms with Gasteiger partial charge in [0.05, 0.1) is 17.6 Å². The summed E-state index contributed by atoms with van der Waals surface area (Å²) in [5.41, 5.74) is -0.331. The van der Waals surface area contributed by atoms with Crippen molar-refractivity contribution in [3.05, 3.63) is 29.1 Å². The van der Waals surface area contributed by atoms with E-state index in [9.17, 15) is 22.8 Å². The molecule has 6 nitrogen and oxygen atoms in total. The van der Waals surface area contributed by atoms with Crippen molar-refractivity contribution < 1.29 is 27.5 Å². The lowest BCUT2D eigenvalue weighted by Crippen LogP contribution is -2.50. The average molecular weight is 484 g/mol. The van der Waals surface area contributed by atoms with Crippen LogP contribution in [0.5, 0.6) is 0 Å². The summed E-state index contributed by atoms with van der Waals surface area (Å²) in [6.07, 6.45) is -1.17. The second kappa shape index (κ2) is 10.2. The number of amides is 1. The molecular weight excluding hydrogens is 447 g/mol. The van der Waals surface area contributed by atoms with E-state index in [1.165, 1.54) is 0 Å². The summed E-state index contributed by atoms with van der Waals surface area (Å²) >= 11 is 0. The molecule has 1 aliphatic heterocycles. The molecular formula is C25H36F3N3O3. The molecule has 1 N–H and O–H groups in total. The molecule has 1 fully saturated rings. The maximum Gasteiger partial charge on any atom is 0.417 e. The molecule has 190 valence electrons. The van der Waals surface area contributed by atoms with E-state index in [1.54, 1.807) is 11.8 Å². The van der Waals surface area contributed by atoms with Gasteiger partial charge in [-0.1, -0.05) is 27.7 Å². The first-order valence-electron chi connectivity index (χ1n) is 12.2. The molecule has 3 atom stereocenters. The van der Waals surface area contributed by atoms with Gasteiger partial charge in [0.25, 0.3) is 0 Å². The van der Waals surface area contributed by atoms with Gasteiger partial charge in [0.1, 0.15) is 6.04 Å². The van der Waals surface area contributed by atoms with Gasteiger partial charge in [-0.05, 0) is 49.7 Å². The molecule has 0 spiro atoms. The van der Waals surface area contributed by atoms with Crippen molar-refractivity contribution in [2.75, 3.05) is 13.2 Å². The lowest BCUT2D eigenvalue weighted by atomic mass is 9.74. The zero-order valence-electron chi connectivity index (χ0n) is 20.7. The highest BCUT2D eigenvalue weighted by Gasteiger charge is 2.50. The van der Waals surface area contributed by atoms with Crippen LogP contribution in [0.4, 0.5) is 13.2 Å². The molecule has 1 aromatic rings. The van der Waals surface area contributed by atoms with Crippen molar-refractivity contribution in [1.29, 1.82) is 0 Å². The fourth-order valence-corrected chi connectivity index (χ4v) is 5.27. The monoisotopic (exact) mass is 483 g/mol. The first-order chi connectivity index (χ1) is 15.9. The highest BCUT2D eigenvalue weighted by molar-refractivity contribution is 5.84. The predicted octanol–water partition coefficient (Wildman–Crippen LogP) is 4.36. The van der Waals surface area contributed by atoms with Crippen LogP contribution in [-0.2, 0) is 33.5 Å². The predicted molar refractivity (Wildman–Crippen MR) is 122 cm³/mol. The van der Waals surface area contributed by atoms with Crippen molar-refractivity contribution in [2.45, 2.75) is 85.1 Å². The summed E-state index contributed by atoms with van der Waals surface area (Å²) in [4.78, 5) is 31.9. The third-order valence-electron chi connectivity index (χ3n) is 7.36. The van der Waals surface area contributed by atoms with Crippen LogP contribution in [0.1, 0.15) is 70.7 Å². The second-order valence-corrected chi connectivity index (χ2v) is 10.2. The van der Waals surface area contributed by atoms with Crippen molar-refractivity contribution in [3.63, 3.8) is 0 Å². The number of nitrogens with one attached hydrogen (secondary N) is 1. The summed E-state index contributed by atoms with van der Waals surface area (Å²) in [7, 11) is 0. The van der Waals surface area contributed by atoms with Gasteiger partial charge in [-0.3, -0.25) is 14.6 Å². The molecule has 2 aliphatic rings. The second-order valence-electron chi connectivity index (χ2n) is 10.2. The Morgan fingerprint density at radius 2 is 2.00 bits per heavy atom. The van der Waals surface area contributed by atoms with Crippen LogP contribution < -0.4 is 5.32 Å². The molecule has 1 amide bonds. The number of fused-ring (bicyclic) bond motifs is 1. The number of carbonyl (C=O) groups is 2. The Hall–Kier alpha value is -2.16. The van der Waals surface area contributed by atoms with Crippen molar-refractivity contribution in [1.82, 2.24) is 15.2 Å². The van der Waals surface area contributed by atoms with Crippen molar-refractivity contribution >= 4 is 11.9 Å². The lowest BCUT2D eigenvalue weighted by molar-refractivity contribution is -0.147. The molecule has 34 heavy (non-hydrogen) atoms. The molecule has 0 saturated heterocycles. The molecule has 0 bridgehead atoms. The maximum absolute atomic E-state index is 13.8. The number of hydrogen-bond acceptors (Lipinski definition) is 5. The van der Waals surface area contributed by atoms with Crippen LogP contribution >= 0.6 is 0 Å². The maximum atomic E-state index is 13.8. The van der Waals surface area contributed by atoms with E-state index in [0.717, 1.165) is 18.7 Å². The normalized spacial score (nSPS) is 23.8. The largest absolute Gasteiger partial charge is 0.465 e. The molecule has 1 aliphatic carbocycles. The van der Waals surface area contributed by atoms with E-state index < -0.39 is 23.2 Å². The number of ether oxygens (including phenoxy) is 1. The first-order valence-corrected chi connectivity index (χ1v) is 12.2. The Morgan fingerprint density at radius 1 is 1.29 bits per heavy atom. The van der Waals surface area contributed by atoms with E-state index in [1.807, 2.05) is 27.7 Å². The molecule has 9 heteroatoms. The molecule has 1 aromatic heterocycles. The van der Waals surface area contributed by atoms with Gasteiger partial charge in [0.2, 0.25) is 5.91 Å². The van der Waals surface area contributed by atoms with Crippen LogP contribution in [0.25, 0.3) is 0 Å². The minimum Gasteiger partial charge on any atom is -0.465 e. The summed E-state index contributed by atoms with van der Waals surface area (Å²) in [5, 5.41) is 3.43. The number of nitrogens with zero attached hydrogens (tertiary/aromatic N) is 2. The fourth-order valence-electron chi connectivity index (χ4n) is 5.27. The average Bonchev–Trinajstić information content (AvgIpc) is 3.21. The van der Waals surface area contributed by atoms with E-state index >= 15 is 0 Å². The quantitative estimate of drug-likeness (QED) is 0.584. The highest BCUT2D eigenvalue weighted by atomic mass is 19.4. The summed E-state index contributed by atoms with van der Waals surface area (Å²) in [6.45, 7) is 10.6. The fraction of sp³-hybridized carbons (Fsp3) is 0.720. The molecule has 0 radical (unpaired) electrons. The van der Waals surface area contributed by atoms with Crippen LogP contribution in [0.3, 0.4) is 0 Å². The van der Waals surface area contributed by atoms with Gasteiger partial charge < -0.3 is 15.0 Å². The molecule has 0 aromatic carbocycles. The Kier molecular flexibility index (Phi) is 7.95. The topological polar surface area (TPSA) is 71.5 Å². The molecule has 1 unspecified atom stereocenters. The van der Waals surface area contributed by atoms with Gasteiger partial charge in [0.15, 0.2) is 0 Å². The summed E-state index contributed by atoms with van der Waals surface area (Å²) in [6, 6.07) is 0.658. The zero-order valence-corrected chi connectivity index (χ0v) is 20.7. The minimum absolute atomic E-state index is 0.0151. The molecule has 1 saturated carbocycles. The first kappa shape index (κ1) is 26.4. The third kappa shape index (κ3) is 5.39. The smallest absolute Gasteiger partial charge is 0.417 e. The van der Waals surface area contributed by atoms with Crippen LogP contribution in [0, 0.1) is 17.3 Å². The van der Waals surface area contributed by atoms with Crippen molar-refractivity contribution in [2.24, 2.45) is 17.3 Å². The van der Waals surface area contributed by atoms with E-state index in [4.69, 9.17) is 4.74 Å². The molecule has 2 heterocycles. The van der Waals surface area contributed by atoms with E-state index in [0.29, 0.717) is 43.7 Å². The number of rotatable bonds is 7. The van der Waals surface area contributed by atoms with Gasteiger partial charge >= 0.3 is 12.1 Å². The van der Waals surface area contributed by atoms with Gasteiger partial charge in [-0.15, -0.1) is 0 Å².